The summed E-state index contributed by atoms with van der Waals surface area (Å²) in [6, 6.07) is 3.77. The lowest BCUT2D eigenvalue weighted by Crippen LogP contribution is -2.64. The first-order valence-corrected chi connectivity index (χ1v) is 10.2. The first-order valence-electron chi connectivity index (χ1n) is 9.46. The summed E-state index contributed by atoms with van der Waals surface area (Å²) in [6.45, 7) is 2.76. The van der Waals surface area contributed by atoms with Crippen LogP contribution in [0.4, 0.5) is 11.5 Å². The highest BCUT2D eigenvalue weighted by atomic mass is 35.5. The highest BCUT2D eigenvalue weighted by molar-refractivity contribution is 6.32. The maximum Gasteiger partial charge on any atom is 0.239 e. The topological polar surface area (TPSA) is 95.6 Å². The molecule has 1 aliphatic heterocycles. The van der Waals surface area contributed by atoms with E-state index in [-0.39, 0.29) is 11.2 Å². The monoisotopic (exact) mass is 439 g/mol. The Morgan fingerprint density at radius 2 is 1.86 bits per heavy atom. The van der Waals surface area contributed by atoms with E-state index < -0.39 is 0 Å². The fourth-order valence-electron chi connectivity index (χ4n) is 3.82. The van der Waals surface area contributed by atoms with Crippen LogP contribution in [-0.4, -0.2) is 54.5 Å². The molecule has 0 atom stereocenters. The molecule has 1 saturated heterocycles. The Kier molecular flexibility index (Phi) is 5.85. The molecule has 10 heteroatoms. The Morgan fingerprint density at radius 3 is 2.59 bits per heavy atom. The van der Waals surface area contributed by atoms with E-state index in [1.54, 1.807) is 7.11 Å². The number of anilines is 2. The van der Waals surface area contributed by atoms with Crippen molar-refractivity contribution in [2.24, 2.45) is 5.41 Å². The minimum absolute atomic E-state index is 0.0851. The van der Waals surface area contributed by atoms with E-state index in [9.17, 15) is 0 Å². The van der Waals surface area contributed by atoms with E-state index >= 15 is 0 Å². The van der Waals surface area contributed by atoms with Gasteiger partial charge in [-0.1, -0.05) is 11.6 Å². The molecule has 1 spiro atoms. The van der Waals surface area contributed by atoms with Crippen molar-refractivity contribution >= 4 is 34.7 Å². The predicted molar refractivity (Wildman–Crippen MR) is 111 cm³/mol. The van der Waals surface area contributed by atoms with Crippen LogP contribution in [0.15, 0.2) is 18.3 Å². The molecule has 2 aromatic rings. The molecule has 0 aromatic carbocycles. The van der Waals surface area contributed by atoms with Gasteiger partial charge in [-0.2, -0.15) is 9.97 Å². The molecule has 4 rings (SSSR count). The molecule has 2 aliphatic rings. The van der Waals surface area contributed by atoms with Gasteiger partial charge in [0.1, 0.15) is 10.8 Å². The van der Waals surface area contributed by atoms with Gasteiger partial charge < -0.3 is 24.8 Å². The van der Waals surface area contributed by atoms with Gasteiger partial charge >= 0.3 is 0 Å². The van der Waals surface area contributed by atoms with Gasteiger partial charge in [0.25, 0.3) is 0 Å². The number of hydrogen-bond donors (Lipinski definition) is 1. The molecule has 1 aliphatic carbocycles. The van der Waals surface area contributed by atoms with E-state index in [0.29, 0.717) is 47.7 Å². The van der Waals surface area contributed by atoms with Gasteiger partial charge in [-0.3, -0.25) is 0 Å². The quantitative estimate of drug-likeness (QED) is 0.494. The summed E-state index contributed by atoms with van der Waals surface area (Å²) in [5.41, 5.74) is 6.92. The highest BCUT2D eigenvalue weighted by Crippen LogP contribution is 2.50. The number of rotatable bonds is 8. The van der Waals surface area contributed by atoms with E-state index in [1.165, 1.54) is 6.20 Å². The average molecular weight is 440 g/mol. The van der Waals surface area contributed by atoms with Crippen LogP contribution < -0.4 is 20.1 Å². The third-order valence-corrected chi connectivity index (χ3v) is 5.80. The van der Waals surface area contributed by atoms with E-state index in [2.05, 4.69) is 19.9 Å². The largest absolute Gasteiger partial charge is 0.476 e. The zero-order valence-electron chi connectivity index (χ0n) is 16.1. The number of nitrogens with zero attached hydrogens (tertiary/aromatic N) is 4. The molecule has 0 radical (unpaired) electrons. The molecule has 29 heavy (non-hydrogen) atoms. The van der Waals surface area contributed by atoms with Gasteiger partial charge in [0.05, 0.1) is 31.2 Å². The van der Waals surface area contributed by atoms with Crippen LogP contribution in [0.2, 0.25) is 10.3 Å². The van der Waals surface area contributed by atoms with Gasteiger partial charge in [0, 0.05) is 32.0 Å². The minimum atomic E-state index is 0.0851. The second-order valence-corrected chi connectivity index (χ2v) is 8.27. The molecular weight excluding hydrogens is 417 g/mol. The van der Waals surface area contributed by atoms with Crippen molar-refractivity contribution in [1.29, 1.82) is 0 Å². The van der Waals surface area contributed by atoms with Crippen LogP contribution in [0.25, 0.3) is 0 Å². The lowest BCUT2D eigenvalue weighted by molar-refractivity contribution is -0.0733. The molecule has 0 amide bonds. The molecule has 1 saturated carbocycles. The van der Waals surface area contributed by atoms with E-state index in [4.69, 9.17) is 43.1 Å². The summed E-state index contributed by atoms with van der Waals surface area (Å²) in [4.78, 5) is 14.6. The first-order chi connectivity index (χ1) is 14.0. The van der Waals surface area contributed by atoms with E-state index in [1.807, 2.05) is 12.1 Å². The van der Waals surface area contributed by atoms with Crippen LogP contribution in [-0.2, 0) is 4.74 Å². The average Bonchev–Trinajstić information content (AvgIpc) is 2.64. The van der Waals surface area contributed by atoms with Crippen LogP contribution in [0, 0.1) is 5.41 Å². The van der Waals surface area contributed by atoms with Crippen molar-refractivity contribution in [3.63, 3.8) is 0 Å². The number of nitrogens with two attached hydrogens (primary N) is 1. The standard InChI is InChI=1S/C19H23Cl2N5O3/c1-27-12-7-19(8-12)10-26(11-19)15-4-3-14(22)17(24-15)29-6-2-5-28-16-13(20)9-23-18(21)25-16/h3-4,9,12H,2,5-8,10-11,22H2,1H3. The summed E-state index contributed by atoms with van der Waals surface area (Å²) in [6.07, 6.45) is 4.66. The van der Waals surface area contributed by atoms with Crippen molar-refractivity contribution < 1.29 is 14.2 Å². The Hall–Kier alpha value is -2.03. The molecule has 8 nitrogen and oxygen atoms in total. The summed E-state index contributed by atoms with van der Waals surface area (Å²) in [5.74, 6) is 1.58. The smallest absolute Gasteiger partial charge is 0.239 e. The predicted octanol–water partition coefficient (Wildman–Crippen LogP) is 3.22. The van der Waals surface area contributed by atoms with Crippen molar-refractivity contribution in [3.05, 3.63) is 28.6 Å². The zero-order valence-corrected chi connectivity index (χ0v) is 17.6. The second kappa shape index (κ2) is 8.38. The summed E-state index contributed by atoms with van der Waals surface area (Å²) < 4.78 is 16.7. The first kappa shape index (κ1) is 20.3. The molecule has 3 heterocycles. The Morgan fingerprint density at radius 1 is 1.14 bits per heavy atom. The van der Waals surface area contributed by atoms with Crippen LogP contribution in [0.3, 0.4) is 0 Å². The third kappa shape index (κ3) is 4.44. The van der Waals surface area contributed by atoms with Crippen molar-refractivity contribution in [1.82, 2.24) is 15.0 Å². The Labute approximate surface area is 179 Å². The van der Waals surface area contributed by atoms with Crippen LogP contribution in [0.1, 0.15) is 19.3 Å². The second-order valence-electron chi connectivity index (χ2n) is 7.53. The fourth-order valence-corrected chi connectivity index (χ4v) is 4.09. The fraction of sp³-hybridized carbons (Fsp3) is 0.526. The maximum absolute atomic E-state index is 6.02. The molecule has 2 fully saturated rings. The molecular formula is C19H23Cl2N5O3. The minimum Gasteiger partial charge on any atom is -0.476 e. The number of pyridine rings is 1. The van der Waals surface area contributed by atoms with Crippen molar-refractivity contribution in [3.8, 4) is 11.8 Å². The van der Waals surface area contributed by atoms with Crippen molar-refractivity contribution in [2.45, 2.75) is 25.4 Å². The molecule has 2 aromatic heterocycles. The van der Waals surface area contributed by atoms with Gasteiger partial charge in [-0.25, -0.2) is 4.98 Å². The number of halogens is 2. The normalized spacial score (nSPS) is 17.7. The Bertz CT molecular complexity index is 871. The van der Waals surface area contributed by atoms with Crippen LogP contribution in [0.5, 0.6) is 11.8 Å². The number of aromatic nitrogens is 3. The van der Waals surface area contributed by atoms with Crippen LogP contribution >= 0.6 is 23.2 Å². The molecule has 0 unspecified atom stereocenters. The maximum atomic E-state index is 6.02. The summed E-state index contributed by atoms with van der Waals surface area (Å²) in [7, 11) is 1.78. The van der Waals surface area contributed by atoms with Crippen molar-refractivity contribution in [2.75, 3.05) is 44.0 Å². The Balaban J connectivity index is 1.24. The SMILES string of the molecule is COC1CC2(C1)CN(c1ccc(N)c(OCCCOc3nc(Cl)ncc3Cl)n1)C2. The lowest BCUT2D eigenvalue weighted by Gasteiger charge is -2.59. The number of hydrogen-bond acceptors (Lipinski definition) is 8. The summed E-state index contributed by atoms with van der Waals surface area (Å²) in [5, 5.41) is 0.395. The van der Waals surface area contributed by atoms with Gasteiger partial charge in [0.15, 0.2) is 0 Å². The molecule has 156 valence electrons. The third-order valence-electron chi connectivity index (χ3n) is 5.36. The van der Waals surface area contributed by atoms with Gasteiger partial charge in [0.2, 0.25) is 17.0 Å². The molecule has 2 N–H and O–H groups in total. The number of nitrogen functional groups attached to an aromatic ring is 1. The zero-order chi connectivity index (χ0) is 20.4. The van der Waals surface area contributed by atoms with E-state index in [0.717, 1.165) is 31.7 Å². The van der Waals surface area contributed by atoms with Gasteiger partial charge in [-0.15, -0.1) is 0 Å². The number of methoxy groups -OCH3 is 1. The highest BCUT2D eigenvalue weighted by Gasteiger charge is 2.52. The number of ether oxygens (including phenoxy) is 3. The van der Waals surface area contributed by atoms with Gasteiger partial charge in [-0.05, 0) is 36.6 Å². The lowest BCUT2D eigenvalue weighted by atomic mass is 9.62. The summed E-state index contributed by atoms with van der Waals surface area (Å²) >= 11 is 11.7. The molecule has 0 bridgehead atoms.